The number of nitrogens with one attached hydrogen (secondary N) is 1. The second-order valence-corrected chi connectivity index (χ2v) is 7.96. The van der Waals surface area contributed by atoms with Crippen LogP contribution in [0.5, 0.6) is 0 Å². The second-order valence-electron chi connectivity index (χ2n) is 7.96. The molecule has 2 N–H and O–H groups in total. The lowest BCUT2D eigenvalue weighted by molar-refractivity contribution is -0.129. The summed E-state index contributed by atoms with van der Waals surface area (Å²) in [7, 11) is 0. The van der Waals surface area contributed by atoms with Gasteiger partial charge in [0, 0.05) is 12.6 Å². The van der Waals surface area contributed by atoms with E-state index in [1.165, 1.54) is 32.1 Å². The molecular weight excluding hydrogens is 264 g/mol. The summed E-state index contributed by atoms with van der Waals surface area (Å²) in [5.74, 6) is 3.52. The van der Waals surface area contributed by atoms with Crippen molar-refractivity contribution in [2.45, 2.75) is 63.6 Å². The fourth-order valence-electron chi connectivity index (χ4n) is 5.92. The van der Waals surface area contributed by atoms with Crippen LogP contribution in [0.2, 0.25) is 0 Å². The van der Waals surface area contributed by atoms with Crippen LogP contribution < -0.4 is 5.32 Å². The second kappa shape index (κ2) is 5.24. The maximum absolute atomic E-state index is 12.7. The van der Waals surface area contributed by atoms with Gasteiger partial charge >= 0.3 is 0 Å². The molecule has 5 rings (SSSR count). The first-order valence-corrected chi connectivity index (χ1v) is 8.86. The highest BCUT2D eigenvalue weighted by atomic mass is 16.3. The van der Waals surface area contributed by atoms with E-state index in [1.807, 2.05) is 0 Å². The zero-order valence-electron chi connectivity index (χ0n) is 13.0. The van der Waals surface area contributed by atoms with Crippen molar-refractivity contribution in [1.82, 2.24) is 10.2 Å². The van der Waals surface area contributed by atoms with Gasteiger partial charge in [0.1, 0.15) is 0 Å². The average molecular weight is 292 g/mol. The summed E-state index contributed by atoms with van der Waals surface area (Å²) >= 11 is 0. The van der Waals surface area contributed by atoms with Gasteiger partial charge in [0.15, 0.2) is 0 Å². The van der Waals surface area contributed by atoms with E-state index in [1.54, 1.807) is 0 Å². The molecule has 1 amide bonds. The summed E-state index contributed by atoms with van der Waals surface area (Å²) in [4.78, 5) is 14.8. The normalized spacial score (nSPS) is 48.8. The number of hydrogen-bond acceptors (Lipinski definition) is 3. The third-order valence-corrected chi connectivity index (χ3v) is 6.63. The molecule has 118 valence electrons. The summed E-state index contributed by atoms with van der Waals surface area (Å²) in [5, 5.41) is 13.2. The van der Waals surface area contributed by atoms with Crippen LogP contribution in [0.4, 0.5) is 0 Å². The molecule has 1 saturated heterocycles. The first-order chi connectivity index (χ1) is 10.1. The molecule has 2 atom stereocenters. The minimum absolute atomic E-state index is 0.109. The number of carbonyl (C=O) groups is 1. The van der Waals surface area contributed by atoms with E-state index in [-0.39, 0.29) is 18.1 Å². The standard InChI is InChI=1S/C17H28N2O2/c1-2-19-9-14(20)8-15(19)17(21)18-16-12-4-10-3-11(6-12)7-13(16)5-10/h10-16,20H,2-9H2,1H3,(H,18,21)/t10?,11?,12?,13?,14-,15-,16?/m1/s1. The molecule has 0 aromatic heterocycles. The van der Waals surface area contributed by atoms with Crippen LogP contribution in [-0.2, 0) is 4.79 Å². The van der Waals surface area contributed by atoms with Crippen molar-refractivity contribution in [3.8, 4) is 0 Å². The molecule has 1 heterocycles. The number of aliphatic hydroxyl groups is 1. The van der Waals surface area contributed by atoms with Crippen molar-refractivity contribution in [3.63, 3.8) is 0 Å². The maximum atomic E-state index is 12.7. The third kappa shape index (κ3) is 2.40. The van der Waals surface area contributed by atoms with Gasteiger partial charge < -0.3 is 10.4 Å². The van der Waals surface area contributed by atoms with Gasteiger partial charge in [-0.1, -0.05) is 6.92 Å². The van der Waals surface area contributed by atoms with Gasteiger partial charge in [-0.05, 0) is 68.7 Å². The number of likely N-dealkylation sites (tertiary alicyclic amines) is 1. The van der Waals surface area contributed by atoms with Crippen molar-refractivity contribution in [1.29, 1.82) is 0 Å². The van der Waals surface area contributed by atoms with E-state index < -0.39 is 0 Å². The van der Waals surface area contributed by atoms with Gasteiger partial charge in [0.2, 0.25) is 5.91 Å². The van der Waals surface area contributed by atoms with Gasteiger partial charge in [0.05, 0.1) is 12.1 Å². The van der Waals surface area contributed by atoms with Crippen molar-refractivity contribution < 1.29 is 9.90 Å². The number of β-amino-alcohol motifs (C(OH)–C–C–N with tert-alkyl or cyclic N) is 1. The third-order valence-electron chi connectivity index (χ3n) is 6.63. The zero-order valence-corrected chi connectivity index (χ0v) is 13.0. The Bertz CT molecular complexity index is 397. The fraction of sp³-hybridized carbons (Fsp3) is 0.941. The first-order valence-electron chi connectivity index (χ1n) is 8.86. The Kier molecular flexibility index (Phi) is 3.49. The predicted molar refractivity (Wildman–Crippen MR) is 80.6 cm³/mol. The fourth-order valence-corrected chi connectivity index (χ4v) is 5.92. The molecule has 4 heteroatoms. The minimum atomic E-state index is -0.334. The molecule has 21 heavy (non-hydrogen) atoms. The van der Waals surface area contributed by atoms with E-state index in [9.17, 15) is 9.90 Å². The molecule has 4 nitrogen and oxygen atoms in total. The van der Waals surface area contributed by atoms with Crippen molar-refractivity contribution in [3.05, 3.63) is 0 Å². The number of rotatable bonds is 3. The number of carbonyl (C=O) groups excluding carboxylic acids is 1. The van der Waals surface area contributed by atoms with E-state index in [4.69, 9.17) is 0 Å². The molecule has 5 aliphatic rings. The topological polar surface area (TPSA) is 52.6 Å². The predicted octanol–water partition coefficient (Wildman–Crippen LogP) is 1.38. The summed E-state index contributed by atoms with van der Waals surface area (Å²) < 4.78 is 0. The average Bonchev–Trinajstić information content (AvgIpc) is 2.83. The highest BCUT2D eigenvalue weighted by molar-refractivity contribution is 5.82. The van der Waals surface area contributed by atoms with Crippen LogP contribution in [0, 0.1) is 23.7 Å². The van der Waals surface area contributed by atoms with Gasteiger partial charge in [0.25, 0.3) is 0 Å². The molecule has 4 saturated carbocycles. The van der Waals surface area contributed by atoms with E-state index in [0.717, 1.165) is 30.2 Å². The van der Waals surface area contributed by atoms with E-state index in [0.29, 0.717) is 19.0 Å². The Morgan fingerprint density at radius 3 is 2.29 bits per heavy atom. The molecule has 0 aromatic rings. The van der Waals surface area contributed by atoms with Gasteiger partial charge in [-0.25, -0.2) is 0 Å². The lowest BCUT2D eigenvalue weighted by Gasteiger charge is -2.54. The maximum Gasteiger partial charge on any atom is 0.237 e. The zero-order chi connectivity index (χ0) is 14.6. The highest BCUT2D eigenvalue weighted by Crippen LogP contribution is 2.53. The Balaban J connectivity index is 1.43. The van der Waals surface area contributed by atoms with Gasteiger partial charge in [-0.3, -0.25) is 9.69 Å². The summed E-state index contributed by atoms with van der Waals surface area (Å²) in [5.41, 5.74) is 0. The summed E-state index contributed by atoms with van der Waals surface area (Å²) in [6, 6.07) is 0.309. The Morgan fingerprint density at radius 1 is 1.10 bits per heavy atom. The smallest absolute Gasteiger partial charge is 0.237 e. The molecule has 0 radical (unpaired) electrons. The van der Waals surface area contributed by atoms with E-state index >= 15 is 0 Å². The SMILES string of the molecule is CCN1C[C@H](O)C[C@@H]1C(=O)NC1C2CC3CC(C2)CC1C3. The van der Waals surface area contributed by atoms with Crippen LogP contribution in [-0.4, -0.2) is 47.2 Å². The number of aliphatic hydroxyl groups excluding tert-OH is 1. The number of hydrogen-bond donors (Lipinski definition) is 2. The minimum Gasteiger partial charge on any atom is -0.392 e. The molecule has 4 aliphatic carbocycles. The lowest BCUT2D eigenvalue weighted by Crippen LogP contribution is -2.58. The monoisotopic (exact) mass is 292 g/mol. The number of amides is 1. The highest BCUT2D eigenvalue weighted by Gasteiger charge is 2.49. The molecule has 0 unspecified atom stereocenters. The van der Waals surface area contributed by atoms with Gasteiger partial charge in [-0.2, -0.15) is 0 Å². The molecular formula is C17H28N2O2. The van der Waals surface area contributed by atoms with Crippen molar-refractivity contribution in [2.24, 2.45) is 23.7 Å². The number of nitrogens with zero attached hydrogens (tertiary/aromatic N) is 1. The van der Waals surface area contributed by atoms with Crippen LogP contribution in [0.1, 0.15) is 45.4 Å². The number of likely N-dealkylation sites (N-methyl/N-ethyl adjacent to an activating group) is 1. The molecule has 5 fully saturated rings. The van der Waals surface area contributed by atoms with Crippen LogP contribution in [0.15, 0.2) is 0 Å². The lowest BCUT2D eigenvalue weighted by atomic mass is 9.54. The van der Waals surface area contributed by atoms with Crippen LogP contribution >= 0.6 is 0 Å². The first kappa shape index (κ1) is 14.0. The van der Waals surface area contributed by atoms with Crippen molar-refractivity contribution in [2.75, 3.05) is 13.1 Å². The van der Waals surface area contributed by atoms with Crippen LogP contribution in [0.25, 0.3) is 0 Å². The van der Waals surface area contributed by atoms with Crippen LogP contribution in [0.3, 0.4) is 0 Å². The summed E-state index contributed by atoms with van der Waals surface area (Å²) in [6.07, 6.45) is 7.06. The summed E-state index contributed by atoms with van der Waals surface area (Å²) in [6.45, 7) is 3.56. The van der Waals surface area contributed by atoms with E-state index in [2.05, 4.69) is 17.1 Å². The molecule has 4 bridgehead atoms. The quantitative estimate of drug-likeness (QED) is 0.826. The Hall–Kier alpha value is -0.610. The molecule has 0 spiro atoms. The molecule has 0 aromatic carbocycles. The van der Waals surface area contributed by atoms with Gasteiger partial charge in [-0.15, -0.1) is 0 Å². The van der Waals surface area contributed by atoms with Crippen molar-refractivity contribution >= 4 is 5.91 Å². The Morgan fingerprint density at radius 2 is 1.71 bits per heavy atom. The Labute approximate surface area is 127 Å². The largest absolute Gasteiger partial charge is 0.392 e. The molecule has 1 aliphatic heterocycles.